The van der Waals surface area contributed by atoms with E-state index in [1.807, 2.05) is 4.90 Å². The van der Waals surface area contributed by atoms with Crippen molar-refractivity contribution in [2.45, 2.75) is 0 Å². The van der Waals surface area contributed by atoms with E-state index in [4.69, 9.17) is 28.4 Å². The van der Waals surface area contributed by atoms with Crippen LogP contribution in [0.1, 0.15) is 31.1 Å². The number of rotatable bonds is 18. The van der Waals surface area contributed by atoms with E-state index in [0.717, 1.165) is 0 Å². The Hall–Kier alpha value is -5.17. The zero-order chi connectivity index (χ0) is 33.5. The molecule has 0 aliphatic carbocycles. The maximum atomic E-state index is 12.8. The molecule has 0 spiro atoms. The summed E-state index contributed by atoms with van der Waals surface area (Å²) in [5.74, 6) is 2.10. The fourth-order valence-electron chi connectivity index (χ4n) is 4.56. The van der Waals surface area contributed by atoms with E-state index in [1.165, 1.54) is 42.7 Å². The molecule has 0 unspecified atom stereocenters. The van der Waals surface area contributed by atoms with Crippen molar-refractivity contribution in [3.05, 3.63) is 71.3 Å². The minimum atomic E-state index is -0.274. The minimum Gasteiger partial charge on any atom is -0.493 e. The smallest absolute Gasteiger partial charge is 0.251 e. The average Bonchev–Trinajstić information content (AvgIpc) is 3.09. The Labute approximate surface area is 269 Å². The molecule has 0 aliphatic rings. The van der Waals surface area contributed by atoms with Crippen LogP contribution in [0.25, 0.3) is 0 Å². The molecule has 0 aromatic heterocycles. The summed E-state index contributed by atoms with van der Waals surface area (Å²) in [6, 6.07) is 14.8. The van der Waals surface area contributed by atoms with Gasteiger partial charge in [0.2, 0.25) is 0 Å². The zero-order valence-electron chi connectivity index (χ0n) is 27.1. The highest BCUT2D eigenvalue weighted by molar-refractivity contribution is 5.96. The van der Waals surface area contributed by atoms with Crippen LogP contribution in [0.15, 0.2) is 54.6 Å². The molecule has 0 fully saturated rings. The second kappa shape index (κ2) is 18.0. The van der Waals surface area contributed by atoms with Crippen molar-refractivity contribution in [1.29, 1.82) is 0 Å². The van der Waals surface area contributed by atoms with Gasteiger partial charge in [-0.2, -0.15) is 0 Å². The second-order valence-electron chi connectivity index (χ2n) is 9.82. The fraction of sp³-hybridized carbons (Fsp3) is 0.364. The first-order chi connectivity index (χ1) is 22.3. The molecule has 0 saturated carbocycles. The predicted octanol–water partition coefficient (Wildman–Crippen LogP) is 2.63. The lowest BCUT2D eigenvalue weighted by atomic mass is 10.2. The summed E-state index contributed by atoms with van der Waals surface area (Å²) in [4.78, 5) is 40.5. The summed E-state index contributed by atoms with van der Waals surface area (Å²) in [5.41, 5.74) is 1.27. The zero-order valence-corrected chi connectivity index (χ0v) is 27.1. The van der Waals surface area contributed by atoms with Crippen molar-refractivity contribution in [1.82, 2.24) is 20.9 Å². The van der Waals surface area contributed by atoms with E-state index in [9.17, 15) is 14.4 Å². The quantitative estimate of drug-likeness (QED) is 0.190. The first kappa shape index (κ1) is 35.3. The van der Waals surface area contributed by atoms with Crippen molar-refractivity contribution in [2.75, 3.05) is 81.9 Å². The average molecular weight is 639 g/mol. The molecule has 3 aromatic carbocycles. The Morgan fingerprint density at radius 2 is 0.717 bits per heavy atom. The van der Waals surface area contributed by atoms with Crippen LogP contribution in [-0.2, 0) is 0 Å². The third-order valence-electron chi connectivity index (χ3n) is 7.08. The first-order valence-electron chi connectivity index (χ1n) is 14.5. The van der Waals surface area contributed by atoms with Crippen LogP contribution in [0, 0.1) is 0 Å². The summed E-state index contributed by atoms with van der Waals surface area (Å²) in [6.45, 7) is 2.33. The molecule has 3 aromatic rings. The molecule has 0 atom stereocenters. The molecule has 0 bridgehead atoms. The summed E-state index contributed by atoms with van der Waals surface area (Å²) in [7, 11) is 9.10. The van der Waals surface area contributed by atoms with Crippen LogP contribution in [-0.4, -0.2) is 105 Å². The van der Waals surface area contributed by atoms with E-state index >= 15 is 0 Å². The van der Waals surface area contributed by atoms with E-state index < -0.39 is 0 Å². The SMILES string of the molecule is COc1ccc(C(=O)NCCN(CCNC(=O)c2ccc(OC)c(OC)c2)CCNC(=O)c2ccc(OC)c(OC)c2)cc1OC. The number of benzene rings is 3. The first-order valence-corrected chi connectivity index (χ1v) is 14.5. The number of ether oxygens (including phenoxy) is 6. The van der Waals surface area contributed by atoms with Gasteiger partial charge in [0.15, 0.2) is 34.5 Å². The van der Waals surface area contributed by atoms with E-state index in [1.54, 1.807) is 54.6 Å². The monoisotopic (exact) mass is 638 g/mol. The lowest BCUT2D eigenvalue weighted by Crippen LogP contribution is -2.43. The summed E-state index contributed by atoms with van der Waals surface area (Å²) >= 11 is 0. The lowest BCUT2D eigenvalue weighted by molar-refractivity contribution is 0.0948. The number of methoxy groups -OCH3 is 6. The highest BCUT2D eigenvalue weighted by Crippen LogP contribution is 2.29. The molecule has 0 saturated heterocycles. The maximum absolute atomic E-state index is 12.8. The number of amides is 3. The van der Waals surface area contributed by atoms with Gasteiger partial charge in [0.05, 0.1) is 42.7 Å². The van der Waals surface area contributed by atoms with Crippen molar-refractivity contribution < 1.29 is 42.8 Å². The van der Waals surface area contributed by atoms with Crippen molar-refractivity contribution in [3.63, 3.8) is 0 Å². The molecule has 13 heteroatoms. The normalized spacial score (nSPS) is 10.5. The third kappa shape index (κ3) is 9.66. The van der Waals surface area contributed by atoms with Crippen LogP contribution in [0.2, 0.25) is 0 Å². The van der Waals surface area contributed by atoms with Crippen molar-refractivity contribution in [2.24, 2.45) is 0 Å². The molecular weight excluding hydrogens is 596 g/mol. The van der Waals surface area contributed by atoms with Crippen LogP contribution in [0.3, 0.4) is 0 Å². The Morgan fingerprint density at radius 3 is 0.957 bits per heavy atom. The molecule has 3 amide bonds. The van der Waals surface area contributed by atoms with Crippen LogP contribution in [0.4, 0.5) is 0 Å². The fourth-order valence-corrected chi connectivity index (χ4v) is 4.56. The summed E-state index contributed by atoms with van der Waals surface area (Å²) in [6.07, 6.45) is 0. The molecule has 46 heavy (non-hydrogen) atoms. The highest BCUT2D eigenvalue weighted by Gasteiger charge is 2.15. The number of carbonyl (C=O) groups is 3. The summed E-state index contributed by atoms with van der Waals surface area (Å²) in [5, 5.41) is 8.74. The molecule has 0 heterocycles. The highest BCUT2D eigenvalue weighted by atomic mass is 16.5. The summed E-state index contributed by atoms with van der Waals surface area (Å²) < 4.78 is 31.6. The van der Waals surface area contributed by atoms with E-state index in [0.29, 0.717) is 90.5 Å². The van der Waals surface area contributed by atoms with Gasteiger partial charge in [-0.3, -0.25) is 19.3 Å². The van der Waals surface area contributed by atoms with Gasteiger partial charge in [-0.1, -0.05) is 0 Å². The number of hydrogen-bond acceptors (Lipinski definition) is 10. The molecule has 3 rings (SSSR count). The van der Waals surface area contributed by atoms with E-state index in [2.05, 4.69) is 16.0 Å². The maximum Gasteiger partial charge on any atom is 0.251 e. The standard InChI is InChI=1S/C33H42N4O9/c1-41-25-10-7-22(19-28(25)44-4)31(38)34-13-16-37(17-14-35-32(39)23-8-11-26(42-2)29(20-23)45-5)18-15-36-33(40)24-9-12-27(43-3)30(21-24)46-6/h7-12,19-21H,13-18H2,1-6H3,(H,34,38)(H,35,39)(H,36,40). The van der Waals surface area contributed by atoms with Crippen molar-refractivity contribution >= 4 is 17.7 Å². The molecular formula is C33H42N4O9. The van der Waals surface area contributed by atoms with Crippen molar-refractivity contribution in [3.8, 4) is 34.5 Å². The van der Waals surface area contributed by atoms with Gasteiger partial charge >= 0.3 is 0 Å². The number of carbonyl (C=O) groups excluding carboxylic acids is 3. The van der Waals surface area contributed by atoms with Gasteiger partial charge in [0, 0.05) is 56.0 Å². The Kier molecular flexibility index (Phi) is 13.8. The van der Waals surface area contributed by atoms with Gasteiger partial charge in [-0.15, -0.1) is 0 Å². The second-order valence-corrected chi connectivity index (χ2v) is 9.82. The molecule has 0 aliphatic heterocycles. The molecule has 13 nitrogen and oxygen atoms in total. The number of nitrogens with zero attached hydrogens (tertiary/aromatic N) is 1. The van der Waals surface area contributed by atoms with Gasteiger partial charge in [-0.25, -0.2) is 0 Å². The third-order valence-corrected chi connectivity index (χ3v) is 7.08. The molecule has 0 radical (unpaired) electrons. The van der Waals surface area contributed by atoms with Crippen LogP contribution < -0.4 is 44.4 Å². The largest absolute Gasteiger partial charge is 0.493 e. The lowest BCUT2D eigenvalue weighted by Gasteiger charge is -2.23. The van der Waals surface area contributed by atoms with Gasteiger partial charge < -0.3 is 44.4 Å². The Balaban J connectivity index is 1.61. The van der Waals surface area contributed by atoms with Crippen LogP contribution in [0.5, 0.6) is 34.5 Å². The number of nitrogens with one attached hydrogen (secondary N) is 3. The topological polar surface area (TPSA) is 146 Å². The Bertz CT molecular complexity index is 1310. The molecule has 3 N–H and O–H groups in total. The minimum absolute atomic E-state index is 0.274. The van der Waals surface area contributed by atoms with Gasteiger partial charge in [-0.05, 0) is 54.6 Å². The molecule has 248 valence electrons. The predicted molar refractivity (Wildman–Crippen MR) is 172 cm³/mol. The van der Waals surface area contributed by atoms with Gasteiger partial charge in [0.1, 0.15) is 0 Å². The Morgan fingerprint density at radius 1 is 0.457 bits per heavy atom. The van der Waals surface area contributed by atoms with E-state index in [-0.39, 0.29) is 17.7 Å². The number of hydrogen-bond donors (Lipinski definition) is 3. The van der Waals surface area contributed by atoms with Crippen LogP contribution >= 0.6 is 0 Å². The van der Waals surface area contributed by atoms with Gasteiger partial charge in [0.25, 0.3) is 17.7 Å².